The Labute approximate surface area is 178 Å². The number of piperidine rings is 1. The summed E-state index contributed by atoms with van der Waals surface area (Å²) in [4.78, 5) is 18.2. The highest BCUT2D eigenvalue weighted by Gasteiger charge is 2.38. The third kappa shape index (κ3) is 4.14. The molecule has 2 atom stereocenters. The molecular weight excluding hydrogens is 370 g/mol. The van der Waals surface area contributed by atoms with Crippen molar-refractivity contribution < 1.29 is 4.79 Å². The zero-order valence-electron chi connectivity index (χ0n) is 17.7. The molecule has 0 radical (unpaired) electrons. The Bertz CT molecular complexity index is 1020. The number of hydrogen-bond donors (Lipinski definition) is 1. The summed E-state index contributed by atoms with van der Waals surface area (Å²) in [5, 5.41) is 0. The van der Waals surface area contributed by atoms with Gasteiger partial charge < -0.3 is 5.73 Å². The molecule has 1 aliphatic rings. The van der Waals surface area contributed by atoms with Gasteiger partial charge in [-0.1, -0.05) is 50.2 Å². The Kier molecular flexibility index (Phi) is 5.69. The van der Waals surface area contributed by atoms with Crippen molar-refractivity contribution in [3.63, 3.8) is 0 Å². The average molecular weight is 400 g/mol. The first kappa shape index (κ1) is 20.3. The highest BCUT2D eigenvalue weighted by atomic mass is 16.1. The average Bonchev–Trinajstić information content (AvgIpc) is 2.77. The maximum Gasteiger partial charge on any atom is 0.248 e. The van der Waals surface area contributed by atoms with E-state index in [4.69, 9.17) is 5.73 Å². The van der Waals surface area contributed by atoms with Gasteiger partial charge >= 0.3 is 0 Å². The lowest BCUT2D eigenvalue weighted by atomic mass is 9.68. The summed E-state index contributed by atoms with van der Waals surface area (Å²) in [6.45, 7) is 7.66. The lowest BCUT2D eigenvalue weighted by Gasteiger charge is -2.45. The molecule has 154 valence electrons. The van der Waals surface area contributed by atoms with E-state index < -0.39 is 0 Å². The number of hydrogen-bond acceptors (Lipinski definition) is 3. The Hall–Kier alpha value is -2.98. The van der Waals surface area contributed by atoms with E-state index >= 15 is 0 Å². The minimum atomic E-state index is -0.360. The molecule has 4 nitrogen and oxygen atoms in total. The van der Waals surface area contributed by atoms with Crippen LogP contribution in [0.15, 0.2) is 73.1 Å². The van der Waals surface area contributed by atoms with Crippen molar-refractivity contribution in [3.8, 4) is 11.1 Å². The van der Waals surface area contributed by atoms with Gasteiger partial charge in [0.25, 0.3) is 0 Å². The van der Waals surface area contributed by atoms with Crippen LogP contribution >= 0.6 is 0 Å². The minimum absolute atomic E-state index is 0.0488. The second kappa shape index (κ2) is 8.41. The number of rotatable bonds is 5. The maximum atomic E-state index is 11.6. The third-order valence-corrected chi connectivity index (χ3v) is 6.75. The van der Waals surface area contributed by atoms with Crippen LogP contribution in [0, 0.1) is 5.92 Å². The van der Waals surface area contributed by atoms with Gasteiger partial charge in [-0.15, -0.1) is 0 Å². The standard InChI is InChI=1S/C26H29N3O/c1-19-17-29(15-12-26(19,2)24-5-3-4-23(16-24)25(27)30)18-20-6-8-21(9-7-20)22-10-13-28-14-11-22/h3-11,13-14,16,19H,12,15,17-18H2,1-2H3,(H2,27,30)/t19-,26+/m0/s1. The third-order valence-electron chi connectivity index (χ3n) is 6.75. The first-order valence-electron chi connectivity index (χ1n) is 10.6. The predicted molar refractivity (Wildman–Crippen MR) is 121 cm³/mol. The molecule has 0 bridgehead atoms. The SMILES string of the molecule is C[C@H]1CN(Cc2ccc(-c3ccncc3)cc2)CC[C@@]1(C)c1cccc(C(N)=O)c1. The molecule has 0 saturated carbocycles. The highest BCUT2D eigenvalue weighted by molar-refractivity contribution is 5.92. The van der Waals surface area contributed by atoms with Gasteiger partial charge in [0, 0.05) is 31.0 Å². The number of carbonyl (C=O) groups excluding carboxylic acids is 1. The van der Waals surface area contributed by atoms with E-state index in [-0.39, 0.29) is 11.3 Å². The maximum absolute atomic E-state index is 11.6. The minimum Gasteiger partial charge on any atom is -0.366 e. The van der Waals surface area contributed by atoms with Crippen molar-refractivity contribution in [1.29, 1.82) is 0 Å². The van der Waals surface area contributed by atoms with Gasteiger partial charge in [-0.2, -0.15) is 0 Å². The summed E-state index contributed by atoms with van der Waals surface area (Å²) in [5.74, 6) is 0.117. The topological polar surface area (TPSA) is 59.2 Å². The summed E-state index contributed by atoms with van der Waals surface area (Å²) in [7, 11) is 0. The van der Waals surface area contributed by atoms with Crippen LogP contribution in [0.3, 0.4) is 0 Å². The van der Waals surface area contributed by atoms with Crippen molar-refractivity contribution in [3.05, 3.63) is 89.7 Å². The quantitative estimate of drug-likeness (QED) is 0.679. The number of carbonyl (C=O) groups is 1. The fourth-order valence-corrected chi connectivity index (χ4v) is 4.52. The van der Waals surface area contributed by atoms with Crippen LogP contribution in [-0.2, 0) is 12.0 Å². The molecule has 1 aliphatic heterocycles. The molecule has 4 heteroatoms. The van der Waals surface area contributed by atoms with Crippen molar-refractivity contribution in [1.82, 2.24) is 9.88 Å². The normalized spacial score (nSPS) is 22.0. The van der Waals surface area contributed by atoms with Crippen molar-refractivity contribution in [2.24, 2.45) is 11.7 Å². The van der Waals surface area contributed by atoms with Crippen LogP contribution in [0.4, 0.5) is 0 Å². The number of amides is 1. The number of likely N-dealkylation sites (tertiary alicyclic amines) is 1. The van der Waals surface area contributed by atoms with Crippen LogP contribution in [0.25, 0.3) is 11.1 Å². The van der Waals surface area contributed by atoms with Gasteiger partial charge in [0.05, 0.1) is 0 Å². The van der Waals surface area contributed by atoms with Crippen molar-refractivity contribution >= 4 is 5.91 Å². The molecule has 30 heavy (non-hydrogen) atoms. The van der Waals surface area contributed by atoms with Crippen LogP contribution in [0.2, 0.25) is 0 Å². The Morgan fingerprint density at radius 3 is 2.47 bits per heavy atom. The molecule has 0 spiro atoms. The van der Waals surface area contributed by atoms with Crippen LogP contribution < -0.4 is 5.73 Å². The number of nitrogens with zero attached hydrogens (tertiary/aromatic N) is 2. The fourth-order valence-electron chi connectivity index (χ4n) is 4.52. The Morgan fingerprint density at radius 1 is 1.10 bits per heavy atom. The molecular formula is C26H29N3O. The first-order valence-corrected chi connectivity index (χ1v) is 10.6. The molecule has 1 amide bonds. The molecule has 2 aromatic carbocycles. The van der Waals surface area contributed by atoms with Gasteiger partial charge in [-0.25, -0.2) is 0 Å². The number of nitrogens with two attached hydrogens (primary N) is 1. The molecule has 0 unspecified atom stereocenters. The molecule has 1 saturated heterocycles. The number of aromatic nitrogens is 1. The smallest absolute Gasteiger partial charge is 0.248 e. The Morgan fingerprint density at radius 2 is 1.80 bits per heavy atom. The zero-order valence-corrected chi connectivity index (χ0v) is 17.7. The monoisotopic (exact) mass is 399 g/mol. The lowest BCUT2D eigenvalue weighted by Crippen LogP contribution is -2.47. The number of benzene rings is 2. The van der Waals surface area contributed by atoms with Crippen LogP contribution in [0.5, 0.6) is 0 Å². The van der Waals surface area contributed by atoms with E-state index in [0.717, 1.165) is 26.1 Å². The van der Waals surface area contributed by atoms with Crippen LogP contribution in [0.1, 0.15) is 41.8 Å². The van der Waals surface area contributed by atoms with Gasteiger partial charge in [0.15, 0.2) is 0 Å². The number of primary amides is 1. The van der Waals surface area contributed by atoms with E-state index in [9.17, 15) is 4.79 Å². The van der Waals surface area contributed by atoms with Gasteiger partial charge in [-0.3, -0.25) is 14.7 Å². The summed E-state index contributed by atoms with van der Waals surface area (Å²) in [6.07, 6.45) is 4.72. The number of pyridine rings is 1. The van der Waals surface area contributed by atoms with E-state index in [1.165, 1.54) is 22.3 Å². The van der Waals surface area contributed by atoms with Gasteiger partial charge in [0.2, 0.25) is 5.91 Å². The second-order valence-electron chi connectivity index (χ2n) is 8.68. The Balaban J connectivity index is 1.43. The largest absolute Gasteiger partial charge is 0.366 e. The molecule has 3 aromatic rings. The van der Waals surface area contributed by atoms with Gasteiger partial charge in [-0.05, 0) is 70.8 Å². The summed E-state index contributed by atoms with van der Waals surface area (Å²) < 4.78 is 0. The molecule has 1 fully saturated rings. The summed E-state index contributed by atoms with van der Waals surface area (Å²) in [5.41, 5.74) is 11.1. The summed E-state index contributed by atoms with van der Waals surface area (Å²) >= 11 is 0. The predicted octanol–water partition coefficient (Wildman–Crippen LogP) is 4.65. The molecule has 2 heterocycles. The van der Waals surface area contributed by atoms with E-state index in [1.54, 1.807) is 6.07 Å². The van der Waals surface area contributed by atoms with E-state index in [2.05, 4.69) is 54.1 Å². The fraction of sp³-hybridized carbons (Fsp3) is 0.308. The van der Waals surface area contributed by atoms with Crippen molar-refractivity contribution in [2.45, 2.75) is 32.2 Å². The molecule has 0 aliphatic carbocycles. The van der Waals surface area contributed by atoms with E-state index in [0.29, 0.717) is 11.5 Å². The molecule has 4 rings (SSSR count). The van der Waals surface area contributed by atoms with Gasteiger partial charge in [0.1, 0.15) is 0 Å². The summed E-state index contributed by atoms with van der Waals surface area (Å²) in [6, 6.07) is 20.8. The van der Waals surface area contributed by atoms with Crippen LogP contribution in [-0.4, -0.2) is 28.9 Å². The first-order chi connectivity index (χ1) is 14.5. The highest BCUT2D eigenvalue weighted by Crippen LogP contribution is 2.40. The van der Waals surface area contributed by atoms with Crippen molar-refractivity contribution in [2.75, 3.05) is 13.1 Å². The zero-order chi connectivity index (χ0) is 21.1. The molecule has 2 N–H and O–H groups in total. The van der Waals surface area contributed by atoms with E-state index in [1.807, 2.05) is 36.7 Å². The second-order valence-corrected chi connectivity index (χ2v) is 8.68. The lowest BCUT2D eigenvalue weighted by molar-refractivity contribution is 0.0996. The molecule has 1 aromatic heterocycles.